The maximum atomic E-state index is 5.42. The quantitative estimate of drug-likeness (QED) is 0.705. The molecular weight excluding hydrogens is 194 g/mol. The monoisotopic (exact) mass is 209 g/mol. The summed E-state index contributed by atoms with van der Waals surface area (Å²) < 4.78 is 5.42. The van der Waals surface area contributed by atoms with E-state index in [9.17, 15) is 0 Å². The highest BCUT2D eigenvalue weighted by atomic mass is 32.2. The Bertz CT molecular complexity index is 321. The van der Waals surface area contributed by atoms with Crippen LogP contribution in [-0.4, -0.2) is 18.5 Å². The van der Waals surface area contributed by atoms with Gasteiger partial charge in [-0.1, -0.05) is 12.1 Å². The van der Waals surface area contributed by atoms with E-state index in [1.165, 1.54) is 16.8 Å². The van der Waals surface area contributed by atoms with Crippen LogP contribution in [0.25, 0.3) is 0 Å². The second kappa shape index (κ2) is 4.24. The number of benzene rings is 1. The molecule has 76 valence electrons. The average Bonchev–Trinajstić information content (AvgIpc) is 2.23. The van der Waals surface area contributed by atoms with Crippen LogP contribution >= 0.6 is 11.8 Å². The number of thioether (sulfide) groups is 1. The summed E-state index contributed by atoms with van der Waals surface area (Å²) in [6, 6.07) is 6.55. The Balaban J connectivity index is 2.24. The van der Waals surface area contributed by atoms with Gasteiger partial charge in [0, 0.05) is 5.69 Å². The van der Waals surface area contributed by atoms with Crippen molar-refractivity contribution < 1.29 is 4.74 Å². The molecule has 1 heterocycles. The molecule has 0 aromatic heterocycles. The van der Waals surface area contributed by atoms with E-state index in [1.54, 1.807) is 0 Å². The lowest BCUT2D eigenvalue weighted by atomic mass is 10.1. The van der Waals surface area contributed by atoms with Crippen LogP contribution in [0.2, 0.25) is 0 Å². The minimum absolute atomic E-state index is 0.720. The van der Waals surface area contributed by atoms with Crippen molar-refractivity contribution in [1.29, 1.82) is 0 Å². The van der Waals surface area contributed by atoms with Crippen molar-refractivity contribution in [2.45, 2.75) is 13.8 Å². The standard InChI is InChI=1S/C11H15NOS/c1-9-3-4-10(2)11(5-9)12-6-13-8-14-7-12/h3-5H,6-8H2,1-2H3. The molecule has 14 heavy (non-hydrogen) atoms. The SMILES string of the molecule is Cc1ccc(C)c(N2COCSC2)c1. The van der Waals surface area contributed by atoms with Gasteiger partial charge in [0.05, 0.1) is 11.8 Å². The third kappa shape index (κ3) is 2.04. The minimum atomic E-state index is 0.720. The second-order valence-electron chi connectivity index (χ2n) is 3.61. The van der Waals surface area contributed by atoms with Gasteiger partial charge in [-0.2, -0.15) is 0 Å². The topological polar surface area (TPSA) is 12.5 Å². The van der Waals surface area contributed by atoms with Crippen LogP contribution in [-0.2, 0) is 4.74 Å². The molecule has 3 heteroatoms. The van der Waals surface area contributed by atoms with Crippen molar-refractivity contribution in [1.82, 2.24) is 0 Å². The summed E-state index contributed by atoms with van der Waals surface area (Å²) in [7, 11) is 0. The van der Waals surface area contributed by atoms with E-state index in [0.717, 1.165) is 18.5 Å². The zero-order valence-electron chi connectivity index (χ0n) is 8.62. The highest BCUT2D eigenvalue weighted by Crippen LogP contribution is 2.25. The number of hydrogen-bond acceptors (Lipinski definition) is 3. The summed E-state index contributed by atoms with van der Waals surface area (Å²) in [6.07, 6.45) is 0. The molecule has 1 aromatic carbocycles. The number of hydrogen-bond donors (Lipinski definition) is 0. The van der Waals surface area contributed by atoms with E-state index in [0.29, 0.717) is 0 Å². The highest BCUT2D eigenvalue weighted by Gasteiger charge is 2.13. The Hall–Kier alpha value is -0.670. The van der Waals surface area contributed by atoms with Crippen LogP contribution in [0.15, 0.2) is 18.2 Å². The Morgan fingerprint density at radius 2 is 2.21 bits per heavy atom. The van der Waals surface area contributed by atoms with Crippen molar-refractivity contribution >= 4 is 17.4 Å². The molecule has 0 unspecified atom stereocenters. The van der Waals surface area contributed by atoms with Gasteiger partial charge in [0.2, 0.25) is 0 Å². The number of aryl methyl sites for hydroxylation is 2. The fraction of sp³-hybridized carbons (Fsp3) is 0.455. The van der Waals surface area contributed by atoms with Gasteiger partial charge in [-0.15, -0.1) is 11.8 Å². The first kappa shape index (κ1) is 9.87. The van der Waals surface area contributed by atoms with Crippen LogP contribution in [0.3, 0.4) is 0 Å². The van der Waals surface area contributed by atoms with Gasteiger partial charge in [-0.3, -0.25) is 0 Å². The fourth-order valence-corrected chi connectivity index (χ4v) is 2.29. The van der Waals surface area contributed by atoms with E-state index in [-0.39, 0.29) is 0 Å². The summed E-state index contributed by atoms with van der Waals surface area (Å²) in [5.74, 6) is 1.85. The molecule has 0 N–H and O–H groups in total. The zero-order valence-corrected chi connectivity index (χ0v) is 9.43. The van der Waals surface area contributed by atoms with Gasteiger partial charge in [-0.25, -0.2) is 0 Å². The Kier molecular flexibility index (Phi) is 2.99. The van der Waals surface area contributed by atoms with Crippen molar-refractivity contribution in [3.05, 3.63) is 29.3 Å². The lowest BCUT2D eigenvalue weighted by Gasteiger charge is -2.29. The molecule has 0 saturated carbocycles. The van der Waals surface area contributed by atoms with Crippen molar-refractivity contribution in [2.75, 3.05) is 23.4 Å². The predicted molar refractivity (Wildman–Crippen MR) is 61.7 cm³/mol. The molecule has 0 amide bonds. The second-order valence-corrected chi connectivity index (χ2v) is 4.52. The Morgan fingerprint density at radius 3 is 2.93 bits per heavy atom. The number of ether oxygens (including phenoxy) is 1. The number of rotatable bonds is 1. The summed E-state index contributed by atoms with van der Waals surface area (Å²) in [4.78, 5) is 2.27. The van der Waals surface area contributed by atoms with E-state index in [1.807, 2.05) is 11.8 Å². The van der Waals surface area contributed by atoms with Crippen LogP contribution < -0.4 is 4.90 Å². The van der Waals surface area contributed by atoms with Gasteiger partial charge in [0.25, 0.3) is 0 Å². The van der Waals surface area contributed by atoms with Gasteiger partial charge in [0.1, 0.15) is 6.73 Å². The van der Waals surface area contributed by atoms with Crippen molar-refractivity contribution in [3.63, 3.8) is 0 Å². The molecule has 1 aliphatic heterocycles. The molecule has 1 saturated heterocycles. The first-order valence-electron chi connectivity index (χ1n) is 4.75. The molecule has 1 aromatic rings. The Morgan fingerprint density at radius 1 is 1.36 bits per heavy atom. The summed E-state index contributed by atoms with van der Waals surface area (Å²) in [5.41, 5.74) is 3.93. The van der Waals surface area contributed by atoms with E-state index in [2.05, 4.69) is 36.9 Å². The Labute approximate surface area is 89.2 Å². The molecule has 0 bridgehead atoms. The van der Waals surface area contributed by atoms with Crippen LogP contribution in [0.4, 0.5) is 5.69 Å². The fourth-order valence-electron chi connectivity index (χ4n) is 1.59. The van der Waals surface area contributed by atoms with Gasteiger partial charge in [-0.05, 0) is 31.0 Å². The zero-order chi connectivity index (χ0) is 9.97. The molecule has 2 rings (SSSR count). The maximum absolute atomic E-state index is 5.42. The van der Waals surface area contributed by atoms with Gasteiger partial charge in [0.15, 0.2) is 0 Å². The largest absolute Gasteiger partial charge is 0.350 e. The smallest absolute Gasteiger partial charge is 0.120 e. The first-order chi connectivity index (χ1) is 6.77. The summed E-state index contributed by atoms with van der Waals surface area (Å²) >= 11 is 1.82. The third-order valence-corrected chi connectivity index (χ3v) is 3.19. The molecule has 0 atom stereocenters. The lowest BCUT2D eigenvalue weighted by molar-refractivity contribution is 0.178. The van der Waals surface area contributed by atoms with Crippen LogP contribution in [0.5, 0.6) is 0 Å². The first-order valence-corrected chi connectivity index (χ1v) is 5.90. The molecule has 0 spiro atoms. The molecule has 0 aliphatic carbocycles. The van der Waals surface area contributed by atoms with Crippen molar-refractivity contribution in [3.8, 4) is 0 Å². The average molecular weight is 209 g/mol. The number of nitrogens with zero attached hydrogens (tertiary/aromatic N) is 1. The summed E-state index contributed by atoms with van der Waals surface area (Å²) in [5, 5.41) is 0. The molecule has 1 fully saturated rings. The lowest BCUT2D eigenvalue weighted by Crippen LogP contribution is -2.30. The summed E-state index contributed by atoms with van der Waals surface area (Å²) in [6.45, 7) is 4.99. The normalized spacial score (nSPS) is 17.1. The van der Waals surface area contributed by atoms with Crippen LogP contribution in [0, 0.1) is 13.8 Å². The molecule has 0 radical (unpaired) electrons. The van der Waals surface area contributed by atoms with Crippen molar-refractivity contribution in [2.24, 2.45) is 0 Å². The van der Waals surface area contributed by atoms with Gasteiger partial charge < -0.3 is 9.64 Å². The predicted octanol–water partition coefficient (Wildman–Crippen LogP) is 2.75. The highest BCUT2D eigenvalue weighted by molar-refractivity contribution is 7.99. The molecular formula is C11H15NOS. The van der Waals surface area contributed by atoms with Crippen LogP contribution in [0.1, 0.15) is 11.1 Å². The van der Waals surface area contributed by atoms with Gasteiger partial charge >= 0.3 is 0 Å². The van der Waals surface area contributed by atoms with E-state index in [4.69, 9.17) is 4.74 Å². The maximum Gasteiger partial charge on any atom is 0.120 e. The van der Waals surface area contributed by atoms with E-state index >= 15 is 0 Å². The number of anilines is 1. The molecule has 2 nitrogen and oxygen atoms in total. The van der Waals surface area contributed by atoms with E-state index < -0.39 is 0 Å². The molecule has 1 aliphatic rings. The third-order valence-electron chi connectivity index (χ3n) is 2.37. The minimum Gasteiger partial charge on any atom is -0.350 e.